The van der Waals surface area contributed by atoms with Crippen molar-refractivity contribution in [3.63, 3.8) is 0 Å². The molecule has 1 amide bonds. The maximum Gasteiger partial charge on any atom is 0.309 e. The quantitative estimate of drug-likeness (QED) is 0.485. The molecule has 6 heteroatoms. The van der Waals surface area contributed by atoms with Gasteiger partial charge in [0.15, 0.2) is 0 Å². The summed E-state index contributed by atoms with van der Waals surface area (Å²) in [6, 6.07) is 16.0. The van der Waals surface area contributed by atoms with Crippen LogP contribution in [0.1, 0.15) is 43.2 Å². The van der Waals surface area contributed by atoms with Gasteiger partial charge in [0.1, 0.15) is 0 Å². The van der Waals surface area contributed by atoms with Crippen LogP contribution in [0.2, 0.25) is 5.02 Å². The molecule has 1 aliphatic heterocycles. The molecule has 1 atom stereocenters. The van der Waals surface area contributed by atoms with E-state index in [4.69, 9.17) is 16.3 Å². The van der Waals surface area contributed by atoms with Crippen LogP contribution in [0.25, 0.3) is 10.9 Å². The maximum atomic E-state index is 13.4. The van der Waals surface area contributed by atoms with Crippen LogP contribution in [0.3, 0.4) is 0 Å². The van der Waals surface area contributed by atoms with Crippen molar-refractivity contribution in [2.45, 2.75) is 32.1 Å². The summed E-state index contributed by atoms with van der Waals surface area (Å²) in [4.78, 5) is 27.3. The fourth-order valence-corrected chi connectivity index (χ4v) is 4.91. The van der Waals surface area contributed by atoms with Crippen molar-refractivity contribution in [2.75, 3.05) is 19.7 Å². The highest BCUT2D eigenvalue weighted by molar-refractivity contribution is 6.30. The van der Waals surface area contributed by atoms with Gasteiger partial charge >= 0.3 is 5.97 Å². The number of rotatable bonds is 6. The van der Waals surface area contributed by atoms with Crippen LogP contribution >= 0.6 is 11.6 Å². The van der Waals surface area contributed by atoms with Crippen molar-refractivity contribution in [1.29, 1.82) is 0 Å². The molecule has 0 spiro atoms. The van der Waals surface area contributed by atoms with Crippen molar-refractivity contribution in [3.05, 3.63) is 70.9 Å². The van der Waals surface area contributed by atoms with Gasteiger partial charge in [-0.1, -0.05) is 41.9 Å². The Morgan fingerprint density at radius 3 is 2.59 bits per heavy atom. The van der Waals surface area contributed by atoms with Crippen LogP contribution in [0.5, 0.6) is 0 Å². The molecule has 1 unspecified atom stereocenters. The average Bonchev–Trinajstić information content (AvgIpc) is 3.14. The smallest absolute Gasteiger partial charge is 0.309 e. The van der Waals surface area contributed by atoms with Gasteiger partial charge < -0.3 is 14.2 Å². The zero-order valence-corrected chi connectivity index (χ0v) is 19.3. The number of aromatic nitrogens is 1. The summed E-state index contributed by atoms with van der Waals surface area (Å²) in [5, 5.41) is 1.81. The number of hydrogen-bond acceptors (Lipinski definition) is 3. The van der Waals surface area contributed by atoms with Crippen LogP contribution in [0.15, 0.2) is 54.7 Å². The fraction of sp³-hybridized carbons (Fsp3) is 0.385. The van der Waals surface area contributed by atoms with Gasteiger partial charge in [-0.25, -0.2) is 0 Å². The summed E-state index contributed by atoms with van der Waals surface area (Å²) in [5.74, 6) is -0.256. The largest absolute Gasteiger partial charge is 0.466 e. The van der Waals surface area contributed by atoms with Crippen molar-refractivity contribution in [2.24, 2.45) is 13.0 Å². The Hall–Kier alpha value is -2.79. The number of hydrogen-bond donors (Lipinski definition) is 0. The molecule has 4 rings (SSSR count). The molecule has 3 aromatic rings. The molecule has 2 aromatic carbocycles. The highest BCUT2D eigenvalue weighted by atomic mass is 35.5. The minimum Gasteiger partial charge on any atom is -0.466 e. The lowest BCUT2D eigenvalue weighted by molar-refractivity contribution is -0.151. The molecule has 0 bridgehead atoms. The lowest BCUT2D eigenvalue weighted by atomic mass is 9.87. The number of carbonyl (C=O) groups excluding carboxylic acids is 2. The molecule has 1 saturated heterocycles. The standard InChI is InChI=1S/C26H29ClN2O3/c1-3-32-26(31)18-11-13-29(14-12-18)25(30)16-22(19-7-6-8-20(27)15-19)23-17-28(2)24-10-5-4-9-21(23)24/h4-10,15,17-18,22H,3,11-14,16H2,1-2H3. The van der Waals surface area contributed by atoms with Gasteiger partial charge in [-0.2, -0.15) is 0 Å². The van der Waals surface area contributed by atoms with E-state index in [0.717, 1.165) is 22.0 Å². The van der Waals surface area contributed by atoms with Crippen LogP contribution in [0, 0.1) is 5.92 Å². The molecular formula is C26H29ClN2O3. The predicted molar refractivity (Wildman–Crippen MR) is 127 cm³/mol. The number of benzene rings is 2. The zero-order chi connectivity index (χ0) is 22.7. The zero-order valence-electron chi connectivity index (χ0n) is 18.6. The molecule has 0 aliphatic carbocycles. The molecule has 1 fully saturated rings. The first-order chi connectivity index (χ1) is 15.5. The van der Waals surface area contributed by atoms with Gasteiger partial charge in [0.25, 0.3) is 0 Å². The molecule has 2 heterocycles. The number of carbonyl (C=O) groups is 2. The second kappa shape index (κ2) is 9.78. The number of para-hydroxylation sites is 1. The number of fused-ring (bicyclic) bond motifs is 1. The van der Waals surface area contributed by atoms with E-state index in [1.54, 1.807) is 0 Å². The molecule has 168 valence electrons. The number of piperidine rings is 1. The van der Waals surface area contributed by atoms with E-state index in [0.29, 0.717) is 44.0 Å². The number of amides is 1. The monoisotopic (exact) mass is 452 g/mol. The number of nitrogens with zero attached hydrogens (tertiary/aromatic N) is 2. The third-order valence-electron chi connectivity index (χ3n) is 6.40. The summed E-state index contributed by atoms with van der Waals surface area (Å²) in [5.41, 5.74) is 3.29. The fourth-order valence-electron chi connectivity index (χ4n) is 4.71. The molecule has 0 radical (unpaired) electrons. The van der Waals surface area contributed by atoms with Gasteiger partial charge in [0.2, 0.25) is 5.91 Å². The number of halogens is 1. The number of ether oxygens (including phenoxy) is 1. The summed E-state index contributed by atoms with van der Waals surface area (Å²) in [6.45, 7) is 3.38. The second-order valence-electron chi connectivity index (χ2n) is 8.43. The first-order valence-electron chi connectivity index (χ1n) is 11.2. The van der Waals surface area contributed by atoms with Gasteiger partial charge in [0, 0.05) is 54.6 Å². The Kier molecular flexibility index (Phi) is 6.85. The number of likely N-dealkylation sites (tertiary alicyclic amines) is 1. The maximum absolute atomic E-state index is 13.4. The third kappa shape index (κ3) is 4.68. The molecule has 0 saturated carbocycles. The first kappa shape index (κ1) is 22.4. The van der Waals surface area contributed by atoms with E-state index in [1.807, 2.05) is 55.3 Å². The van der Waals surface area contributed by atoms with E-state index >= 15 is 0 Å². The molecular weight excluding hydrogens is 424 g/mol. The highest BCUT2D eigenvalue weighted by Gasteiger charge is 2.30. The minimum absolute atomic E-state index is 0.102. The molecule has 32 heavy (non-hydrogen) atoms. The number of esters is 1. The lowest BCUT2D eigenvalue weighted by Gasteiger charge is -2.32. The van der Waals surface area contributed by atoms with E-state index in [-0.39, 0.29) is 23.7 Å². The lowest BCUT2D eigenvalue weighted by Crippen LogP contribution is -2.41. The van der Waals surface area contributed by atoms with Gasteiger partial charge in [-0.3, -0.25) is 9.59 Å². The summed E-state index contributed by atoms with van der Waals surface area (Å²) < 4.78 is 7.26. The first-order valence-corrected chi connectivity index (χ1v) is 11.6. The predicted octanol–water partition coefficient (Wildman–Crippen LogP) is 5.16. The minimum atomic E-state index is -0.146. The van der Waals surface area contributed by atoms with E-state index in [2.05, 4.69) is 22.9 Å². The average molecular weight is 453 g/mol. The molecule has 5 nitrogen and oxygen atoms in total. The number of aryl methyl sites for hydroxylation is 1. The normalized spacial score (nSPS) is 15.7. The van der Waals surface area contributed by atoms with Crippen molar-refractivity contribution in [3.8, 4) is 0 Å². The van der Waals surface area contributed by atoms with Gasteiger partial charge in [-0.15, -0.1) is 0 Å². The van der Waals surface area contributed by atoms with E-state index < -0.39 is 0 Å². The summed E-state index contributed by atoms with van der Waals surface area (Å²) in [7, 11) is 2.03. The van der Waals surface area contributed by atoms with Crippen molar-refractivity contribution >= 4 is 34.4 Å². The highest BCUT2D eigenvalue weighted by Crippen LogP contribution is 2.36. The summed E-state index contributed by atoms with van der Waals surface area (Å²) >= 11 is 6.31. The second-order valence-corrected chi connectivity index (χ2v) is 8.87. The Balaban J connectivity index is 1.58. The van der Waals surface area contributed by atoms with Crippen molar-refractivity contribution in [1.82, 2.24) is 9.47 Å². The Morgan fingerprint density at radius 1 is 1.12 bits per heavy atom. The Morgan fingerprint density at radius 2 is 1.88 bits per heavy atom. The molecule has 1 aliphatic rings. The van der Waals surface area contributed by atoms with E-state index in [9.17, 15) is 9.59 Å². The van der Waals surface area contributed by atoms with Crippen molar-refractivity contribution < 1.29 is 14.3 Å². The van der Waals surface area contributed by atoms with Crippen LogP contribution in [-0.4, -0.2) is 41.0 Å². The Labute approximate surface area is 193 Å². The SMILES string of the molecule is CCOC(=O)C1CCN(C(=O)CC(c2cccc(Cl)c2)c2cn(C)c3ccccc23)CC1. The van der Waals surface area contributed by atoms with Gasteiger partial charge in [0.05, 0.1) is 12.5 Å². The van der Waals surface area contributed by atoms with Crippen LogP contribution in [-0.2, 0) is 21.4 Å². The van der Waals surface area contributed by atoms with Crippen LogP contribution in [0.4, 0.5) is 0 Å². The molecule has 1 aromatic heterocycles. The summed E-state index contributed by atoms with van der Waals surface area (Å²) in [6.07, 6.45) is 3.79. The third-order valence-corrected chi connectivity index (χ3v) is 6.64. The van der Waals surface area contributed by atoms with E-state index in [1.165, 1.54) is 0 Å². The van der Waals surface area contributed by atoms with Crippen LogP contribution < -0.4 is 0 Å². The topological polar surface area (TPSA) is 51.5 Å². The Bertz CT molecular complexity index is 1120. The van der Waals surface area contributed by atoms with Gasteiger partial charge in [-0.05, 0) is 49.1 Å². The molecule has 0 N–H and O–H groups in total.